The maximum atomic E-state index is 12.0. The topological polar surface area (TPSA) is 43.8 Å². The fourth-order valence-electron chi connectivity index (χ4n) is 0.886. The van der Waals surface area contributed by atoms with Crippen molar-refractivity contribution in [3.63, 3.8) is 0 Å². The lowest BCUT2D eigenvalue weighted by molar-refractivity contribution is -0.137. The molecule has 2 N–H and O–H groups in total. The van der Waals surface area contributed by atoms with Crippen molar-refractivity contribution in [3.05, 3.63) is 18.0 Å². The van der Waals surface area contributed by atoms with Crippen LogP contribution in [0.4, 0.5) is 13.2 Å². The minimum Gasteiger partial charge on any atom is -0.330 e. The molecule has 0 saturated carbocycles. The summed E-state index contributed by atoms with van der Waals surface area (Å²) in [6.07, 6.45) is -1.88. The second-order valence-electron chi connectivity index (χ2n) is 2.63. The summed E-state index contributed by atoms with van der Waals surface area (Å²) in [5, 5.41) is 3.56. The fourth-order valence-corrected chi connectivity index (χ4v) is 0.886. The molecule has 0 aliphatic heterocycles. The second-order valence-corrected chi connectivity index (χ2v) is 2.63. The molecule has 1 aromatic heterocycles. The van der Waals surface area contributed by atoms with Crippen molar-refractivity contribution in [1.29, 1.82) is 0 Å². The molecule has 1 aromatic rings. The van der Waals surface area contributed by atoms with E-state index in [9.17, 15) is 13.2 Å². The summed E-state index contributed by atoms with van der Waals surface area (Å²) in [6, 6.07) is 0. The van der Waals surface area contributed by atoms with E-state index in [0.717, 1.165) is 12.4 Å². The molecule has 0 spiro atoms. The quantitative estimate of drug-likeness (QED) is 0.857. The van der Waals surface area contributed by atoms with Crippen molar-refractivity contribution in [2.45, 2.75) is 19.1 Å². The maximum absolute atomic E-state index is 12.0. The molecule has 0 amide bonds. The van der Waals surface area contributed by atoms with Crippen molar-refractivity contribution < 1.29 is 13.2 Å². The first-order valence-corrected chi connectivity index (χ1v) is 3.84. The minimum atomic E-state index is -4.30. The highest BCUT2D eigenvalue weighted by atomic mass is 35.5. The number of alkyl halides is 3. The van der Waals surface area contributed by atoms with E-state index in [2.05, 4.69) is 5.10 Å². The molecule has 0 fully saturated rings. The van der Waals surface area contributed by atoms with Crippen molar-refractivity contribution in [1.82, 2.24) is 9.78 Å². The molecule has 3 nitrogen and oxygen atoms in total. The number of hydrogen-bond acceptors (Lipinski definition) is 2. The summed E-state index contributed by atoms with van der Waals surface area (Å²) in [5.41, 5.74) is 4.49. The van der Waals surface area contributed by atoms with Crippen LogP contribution < -0.4 is 5.73 Å². The van der Waals surface area contributed by atoms with E-state index in [1.54, 1.807) is 0 Å². The zero-order valence-electron chi connectivity index (χ0n) is 7.29. The Bertz CT molecular complexity index is 271. The van der Waals surface area contributed by atoms with Gasteiger partial charge >= 0.3 is 6.18 Å². The Morgan fingerprint density at radius 3 is 2.50 bits per heavy atom. The average Bonchev–Trinajstić information content (AvgIpc) is 2.47. The number of aryl methyl sites for hydroxylation is 1. The van der Waals surface area contributed by atoms with E-state index in [4.69, 9.17) is 5.73 Å². The smallest absolute Gasteiger partial charge is 0.330 e. The third kappa shape index (κ3) is 3.55. The summed E-state index contributed by atoms with van der Waals surface area (Å²) in [4.78, 5) is 0. The minimum absolute atomic E-state index is 0. The van der Waals surface area contributed by atoms with Crippen LogP contribution in [-0.2, 0) is 12.7 Å². The van der Waals surface area contributed by atoms with Crippen LogP contribution in [0.3, 0.4) is 0 Å². The molecular formula is C7H11ClF3N3. The molecule has 0 bridgehead atoms. The predicted octanol–water partition coefficient (Wildman–Crippen LogP) is 1.67. The van der Waals surface area contributed by atoms with Crippen LogP contribution in [0.1, 0.15) is 12.0 Å². The lowest BCUT2D eigenvalue weighted by atomic mass is 10.3. The van der Waals surface area contributed by atoms with Crippen LogP contribution in [0.5, 0.6) is 0 Å². The van der Waals surface area contributed by atoms with Gasteiger partial charge in [0, 0.05) is 12.7 Å². The molecule has 0 aliphatic carbocycles. The zero-order valence-corrected chi connectivity index (χ0v) is 8.11. The molecule has 1 heterocycles. The third-order valence-electron chi connectivity index (χ3n) is 1.55. The fraction of sp³-hybridized carbons (Fsp3) is 0.571. The molecule has 1 rings (SSSR count). The van der Waals surface area contributed by atoms with E-state index in [1.807, 2.05) is 0 Å². The van der Waals surface area contributed by atoms with Crippen LogP contribution in [0.2, 0.25) is 0 Å². The van der Waals surface area contributed by atoms with Gasteiger partial charge in [-0.1, -0.05) is 0 Å². The van der Waals surface area contributed by atoms with Crippen LogP contribution in [0.15, 0.2) is 12.4 Å². The van der Waals surface area contributed by atoms with Gasteiger partial charge in [0.2, 0.25) is 0 Å². The number of aromatic nitrogens is 2. The monoisotopic (exact) mass is 229 g/mol. The first-order valence-electron chi connectivity index (χ1n) is 3.84. The summed E-state index contributed by atoms with van der Waals surface area (Å²) >= 11 is 0. The Labute approximate surface area is 85.5 Å². The van der Waals surface area contributed by atoms with E-state index in [-0.39, 0.29) is 12.4 Å². The molecule has 0 saturated heterocycles. The predicted molar refractivity (Wildman–Crippen MR) is 48.1 cm³/mol. The Balaban J connectivity index is 0.00000169. The van der Waals surface area contributed by atoms with Gasteiger partial charge in [-0.05, 0) is 13.0 Å². The van der Waals surface area contributed by atoms with Crippen molar-refractivity contribution >= 4 is 12.4 Å². The van der Waals surface area contributed by atoms with Gasteiger partial charge in [0.15, 0.2) is 0 Å². The second kappa shape index (κ2) is 5.21. The number of nitrogens with zero attached hydrogens (tertiary/aromatic N) is 2. The largest absolute Gasteiger partial charge is 0.419 e. The molecule has 0 unspecified atom stereocenters. The van der Waals surface area contributed by atoms with Crippen molar-refractivity contribution in [2.75, 3.05) is 6.54 Å². The molecular weight excluding hydrogens is 219 g/mol. The van der Waals surface area contributed by atoms with Gasteiger partial charge in [-0.25, -0.2) is 0 Å². The SMILES string of the molecule is Cl.NCCCn1cc(C(F)(F)F)cn1. The summed E-state index contributed by atoms with van der Waals surface area (Å²) in [5.74, 6) is 0. The van der Waals surface area contributed by atoms with Gasteiger partial charge in [-0.2, -0.15) is 18.3 Å². The van der Waals surface area contributed by atoms with E-state index in [1.165, 1.54) is 4.68 Å². The normalized spacial score (nSPS) is 11.1. The Kier molecular flexibility index (Phi) is 4.93. The highest BCUT2D eigenvalue weighted by Gasteiger charge is 2.31. The molecule has 0 atom stereocenters. The highest BCUT2D eigenvalue weighted by Crippen LogP contribution is 2.28. The van der Waals surface area contributed by atoms with Crippen molar-refractivity contribution in [3.8, 4) is 0 Å². The molecule has 82 valence electrons. The van der Waals surface area contributed by atoms with E-state index in [0.29, 0.717) is 19.5 Å². The summed E-state index contributed by atoms with van der Waals surface area (Å²) in [7, 11) is 0. The standard InChI is InChI=1S/C7H10F3N3.ClH/c8-7(9,10)6-4-12-13(5-6)3-1-2-11;/h4-5H,1-3,11H2;1H. The van der Waals surface area contributed by atoms with Gasteiger partial charge < -0.3 is 5.73 Å². The van der Waals surface area contributed by atoms with Crippen LogP contribution in [-0.4, -0.2) is 16.3 Å². The number of halogens is 4. The zero-order chi connectivity index (χ0) is 9.90. The van der Waals surface area contributed by atoms with Crippen molar-refractivity contribution in [2.24, 2.45) is 5.73 Å². The molecule has 0 radical (unpaired) electrons. The first kappa shape index (κ1) is 13.2. The molecule has 14 heavy (non-hydrogen) atoms. The lowest BCUT2D eigenvalue weighted by Crippen LogP contribution is -2.06. The van der Waals surface area contributed by atoms with Gasteiger partial charge in [0.1, 0.15) is 0 Å². The summed E-state index contributed by atoms with van der Waals surface area (Å²) < 4.78 is 37.4. The molecule has 0 aromatic carbocycles. The van der Waals surface area contributed by atoms with Gasteiger partial charge in [-0.3, -0.25) is 4.68 Å². The van der Waals surface area contributed by atoms with Crippen LogP contribution >= 0.6 is 12.4 Å². The number of nitrogens with two attached hydrogens (primary N) is 1. The Hall–Kier alpha value is -0.750. The van der Waals surface area contributed by atoms with E-state index >= 15 is 0 Å². The lowest BCUT2D eigenvalue weighted by Gasteiger charge is -2.01. The maximum Gasteiger partial charge on any atom is 0.419 e. The van der Waals surface area contributed by atoms with Gasteiger partial charge in [-0.15, -0.1) is 12.4 Å². The molecule has 0 aliphatic rings. The van der Waals surface area contributed by atoms with Gasteiger partial charge in [0.05, 0.1) is 11.8 Å². The Morgan fingerprint density at radius 2 is 2.07 bits per heavy atom. The van der Waals surface area contributed by atoms with Crippen LogP contribution in [0, 0.1) is 0 Å². The van der Waals surface area contributed by atoms with Gasteiger partial charge in [0.25, 0.3) is 0 Å². The van der Waals surface area contributed by atoms with E-state index < -0.39 is 11.7 Å². The Morgan fingerprint density at radius 1 is 1.43 bits per heavy atom. The summed E-state index contributed by atoms with van der Waals surface area (Å²) in [6.45, 7) is 0.869. The number of rotatable bonds is 3. The average molecular weight is 230 g/mol. The first-order chi connectivity index (χ1) is 6.04. The highest BCUT2D eigenvalue weighted by molar-refractivity contribution is 5.85. The van der Waals surface area contributed by atoms with Crippen LogP contribution in [0.25, 0.3) is 0 Å². The molecule has 7 heteroatoms. The third-order valence-corrected chi connectivity index (χ3v) is 1.55. The number of hydrogen-bond donors (Lipinski definition) is 1.